The summed E-state index contributed by atoms with van der Waals surface area (Å²) in [6, 6.07) is 6.75. The Bertz CT molecular complexity index is 720. The van der Waals surface area contributed by atoms with Crippen molar-refractivity contribution in [1.29, 1.82) is 0 Å². The van der Waals surface area contributed by atoms with E-state index in [1.54, 1.807) is 36.8 Å². The molecule has 3 heterocycles. The van der Waals surface area contributed by atoms with E-state index >= 15 is 0 Å². The average Bonchev–Trinajstić information content (AvgIpc) is 2.40. The molecule has 0 saturated carbocycles. The van der Waals surface area contributed by atoms with Crippen LogP contribution < -0.4 is 5.43 Å². The van der Waals surface area contributed by atoms with Crippen LogP contribution in [0.15, 0.2) is 58.3 Å². The molecule has 0 aliphatic rings. The zero-order chi connectivity index (χ0) is 11.7. The lowest BCUT2D eigenvalue weighted by Gasteiger charge is -2.01. The highest BCUT2D eigenvalue weighted by Crippen LogP contribution is 2.20. The van der Waals surface area contributed by atoms with Gasteiger partial charge in [-0.25, -0.2) is 0 Å². The van der Waals surface area contributed by atoms with Crippen molar-refractivity contribution >= 4 is 11.0 Å². The fourth-order valence-corrected chi connectivity index (χ4v) is 1.66. The van der Waals surface area contributed by atoms with E-state index in [1.165, 1.54) is 12.3 Å². The first kappa shape index (κ1) is 9.72. The lowest BCUT2D eigenvalue weighted by atomic mass is 10.2. The summed E-state index contributed by atoms with van der Waals surface area (Å²) in [5, 5.41) is 0.491. The minimum absolute atomic E-state index is 0.0915. The van der Waals surface area contributed by atoms with Crippen molar-refractivity contribution in [2.45, 2.75) is 0 Å². The lowest BCUT2D eigenvalue weighted by molar-refractivity contribution is 0.618. The molecule has 0 aromatic carbocycles. The highest BCUT2D eigenvalue weighted by molar-refractivity contribution is 5.77. The quantitative estimate of drug-likeness (QED) is 0.636. The van der Waals surface area contributed by atoms with E-state index in [1.807, 2.05) is 0 Å². The standard InChI is InChI=1S/C13H8N2O2/c16-11-7-13(9-1-4-14-5-2-9)17-12-3-6-15-8-10(11)12/h1-8H. The smallest absolute Gasteiger partial charge is 0.194 e. The lowest BCUT2D eigenvalue weighted by Crippen LogP contribution is -2.00. The molecular weight excluding hydrogens is 216 g/mol. The predicted molar refractivity (Wildman–Crippen MR) is 63.5 cm³/mol. The molecule has 0 radical (unpaired) electrons. The SMILES string of the molecule is O=c1cc(-c2ccncc2)oc2ccncc12. The summed E-state index contributed by atoms with van der Waals surface area (Å²) in [6.07, 6.45) is 6.43. The zero-order valence-electron chi connectivity index (χ0n) is 8.83. The van der Waals surface area contributed by atoms with E-state index in [9.17, 15) is 4.79 Å². The molecular formula is C13H8N2O2. The molecule has 3 aromatic rings. The molecule has 4 heteroatoms. The molecule has 0 spiro atoms. The van der Waals surface area contributed by atoms with Crippen LogP contribution in [0.1, 0.15) is 0 Å². The van der Waals surface area contributed by atoms with Gasteiger partial charge in [0.2, 0.25) is 0 Å². The second-order valence-electron chi connectivity index (χ2n) is 3.58. The molecule has 82 valence electrons. The van der Waals surface area contributed by atoms with Gasteiger partial charge in [-0.05, 0) is 18.2 Å². The number of rotatable bonds is 1. The van der Waals surface area contributed by atoms with Crippen molar-refractivity contribution in [1.82, 2.24) is 9.97 Å². The van der Waals surface area contributed by atoms with Crippen molar-refractivity contribution < 1.29 is 4.42 Å². The molecule has 3 aromatic heterocycles. The minimum Gasteiger partial charge on any atom is -0.456 e. The van der Waals surface area contributed by atoms with E-state index in [0.29, 0.717) is 16.7 Å². The fraction of sp³-hybridized carbons (Fsp3) is 0. The number of hydrogen-bond donors (Lipinski definition) is 0. The summed E-state index contributed by atoms with van der Waals surface area (Å²) >= 11 is 0. The van der Waals surface area contributed by atoms with Crippen LogP contribution in [0.2, 0.25) is 0 Å². The summed E-state index contributed by atoms with van der Waals surface area (Å²) in [7, 11) is 0. The summed E-state index contributed by atoms with van der Waals surface area (Å²) in [5.74, 6) is 0.538. The summed E-state index contributed by atoms with van der Waals surface area (Å²) in [4.78, 5) is 19.7. The predicted octanol–water partition coefficient (Wildman–Crippen LogP) is 2.25. The van der Waals surface area contributed by atoms with Gasteiger partial charge in [-0.3, -0.25) is 14.8 Å². The van der Waals surface area contributed by atoms with Crippen molar-refractivity contribution in [3.8, 4) is 11.3 Å². The molecule has 0 aliphatic heterocycles. The fourth-order valence-electron chi connectivity index (χ4n) is 1.66. The third kappa shape index (κ3) is 1.69. The van der Waals surface area contributed by atoms with Crippen molar-refractivity contribution in [3.63, 3.8) is 0 Å². The van der Waals surface area contributed by atoms with Gasteiger partial charge in [-0.2, -0.15) is 0 Å². The molecule has 17 heavy (non-hydrogen) atoms. The van der Waals surface area contributed by atoms with Crippen LogP contribution in [0, 0.1) is 0 Å². The average molecular weight is 224 g/mol. The van der Waals surface area contributed by atoms with Gasteiger partial charge in [-0.1, -0.05) is 0 Å². The van der Waals surface area contributed by atoms with Gasteiger partial charge in [0.25, 0.3) is 0 Å². The Balaban J connectivity index is 2.30. The first-order valence-electron chi connectivity index (χ1n) is 5.13. The van der Waals surface area contributed by atoms with Crippen molar-refractivity contribution in [2.24, 2.45) is 0 Å². The Hall–Kier alpha value is -2.49. The molecule has 0 atom stereocenters. The Morgan fingerprint density at radius 1 is 1.00 bits per heavy atom. The Labute approximate surface area is 96.6 Å². The van der Waals surface area contributed by atoms with Gasteiger partial charge in [0.05, 0.1) is 5.39 Å². The van der Waals surface area contributed by atoms with Gasteiger partial charge >= 0.3 is 0 Å². The Morgan fingerprint density at radius 3 is 2.59 bits per heavy atom. The molecule has 3 rings (SSSR count). The number of hydrogen-bond acceptors (Lipinski definition) is 4. The van der Waals surface area contributed by atoms with Gasteiger partial charge in [0, 0.05) is 36.4 Å². The van der Waals surface area contributed by atoms with E-state index in [2.05, 4.69) is 9.97 Å². The van der Waals surface area contributed by atoms with Crippen LogP contribution >= 0.6 is 0 Å². The minimum atomic E-state index is -0.0915. The molecule has 0 aliphatic carbocycles. The van der Waals surface area contributed by atoms with Gasteiger partial charge in [0.1, 0.15) is 11.3 Å². The number of pyridine rings is 2. The van der Waals surface area contributed by atoms with Crippen LogP contribution in [0.5, 0.6) is 0 Å². The molecule has 0 fully saturated rings. The van der Waals surface area contributed by atoms with Crippen molar-refractivity contribution in [2.75, 3.05) is 0 Å². The zero-order valence-corrected chi connectivity index (χ0v) is 8.83. The molecule has 4 nitrogen and oxygen atoms in total. The second-order valence-corrected chi connectivity index (χ2v) is 3.58. The molecule has 0 saturated heterocycles. The second kappa shape index (κ2) is 3.83. The van der Waals surface area contributed by atoms with Crippen LogP contribution in [0.25, 0.3) is 22.3 Å². The maximum atomic E-state index is 11.9. The number of fused-ring (bicyclic) bond motifs is 1. The summed E-state index contributed by atoms with van der Waals surface area (Å²) < 4.78 is 5.66. The van der Waals surface area contributed by atoms with Gasteiger partial charge in [-0.15, -0.1) is 0 Å². The molecule has 0 amide bonds. The molecule has 0 N–H and O–H groups in total. The highest BCUT2D eigenvalue weighted by atomic mass is 16.3. The molecule has 0 unspecified atom stereocenters. The Kier molecular flexibility index (Phi) is 2.19. The van der Waals surface area contributed by atoms with E-state index in [4.69, 9.17) is 4.42 Å². The van der Waals surface area contributed by atoms with Gasteiger partial charge in [0.15, 0.2) is 5.43 Å². The van der Waals surface area contributed by atoms with Crippen LogP contribution in [0.3, 0.4) is 0 Å². The van der Waals surface area contributed by atoms with Crippen LogP contribution in [-0.4, -0.2) is 9.97 Å². The normalized spacial score (nSPS) is 10.6. The van der Waals surface area contributed by atoms with E-state index in [-0.39, 0.29) is 5.43 Å². The van der Waals surface area contributed by atoms with E-state index in [0.717, 1.165) is 5.56 Å². The molecule has 0 bridgehead atoms. The topological polar surface area (TPSA) is 56.0 Å². The maximum Gasteiger partial charge on any atom is 0.194 e. The third-order valence-electron chi connectivity index (χ3n) is 2.49. The third-order valence-corrected chi connectivity index (χ3v) is 2.49. The highest BCUT2D eigenvalue weighted by Gasteiger charge is 2.05. The van der Waals surface area contributed by atoms with Crippen LogP contribution in [0.4, 0.5) is 0 Å². The monoisotopic (exact) mass is 224 g/mol. The van der Waals surface area contributed by atoms with Crippen LogP contribution in [-0.2, 0) is 0 Å². The first-order valence-corrected chi connectivity index (χ1v) is 5.13. The number of aromatic nitrogens is 2. The Morgan fingerprint density at radius 2 is 1.76 bits per heavy atom. The maximum absolute atomic E-state index is 11.9. The van der Waals surface area contributed by atoms with Gasteiger partial charge < -0.3 is 4.42 Å². The summed E-state index contributed by atoms with van der Waals surface area (Å²) in [6.45, 7) is 0. The van der Waals surface area contributed by atoms with Crippen molar-refractivity contribution in [3.05, 3.63) is 59.3 Å². The number of nitrogens with zero attached hydrogens (tertiary/aromatic N) is 2. The summed E-state index contributed by atoms with van der Waals surface area (Å²) in [5.41, 5.74) is 1.28. The first-order chi connectivity index (χ1) is 8.34. The largest absolute Gasteiger partial charge is 0.456 e. The van der Waals surface area contributed by atoms with E-state index < -0.39 is 0 Å².